The highest BCUT2D eigenvalue weighted by Crippen LogP contribution is 2.20. The van der Waals surface area contributed by atoms with Crippen molar-refractivity contribution >= 4 is 11.8 Å². The number of aliphatic imine (C=N–C) groups is 1. The first kappa shape index (κ1) is 14.2. The molecule has 0 spiro atoms. The number of carbonyl (C=O) groups excluding carboxylic acids is 1. The Labute approximate surface area is 119 Å². The second-order valence-electron chi connectivity index (χ2n) is 4.62. The molecule has 0 saturated heterocycles. The average molecular weight is 266 g/mol. The van der Waals surface area contributed by atoms with E-state index in [-0.39, 0.29) is 0 Å². The molecule has 0 radical (unpaired) electrons. The molecule has 0 unspecified atom stereocenters. The minimum absolute atomic E-state index is 0.703. The fourth-order valence-electron chi connectivity index (χ4n) is 2.16. The molecule has 0 saturated carbocycles. The molecule has 0 aliphatic heterocycles. The van der Waals surface area contributed by atoms with E-state index in [1.54, 1.807) is 6.08 Å². The highest BCUT2D eigenvalue weighted by molar-refractivity contribution is 5.53. The second kappa shape index (κ2) is 7.39. The van der Waals surface area contributed by atoms with Crippen molar-refractivity contribution in [3.8, 4) is 0 Å². The molecular weight excluding hydrogens is 248 g/mol. The van der Waals surface area contributed by atoms with Crippen molar-refractivity contribution in [1.29, 1.82) is 0 Å². The van der Waals surface area contributed by atoms with Crippen LogP contribution in [0, 0.1) is 0 Å². The summed E-state index contributed by atoms with van der Waals surface area (Å²) in [5.41, 5.74) is 3.04. The normalized spacial score (nSPS) is 10.3. The minimum Gasteiger partial charge on any atom is -0.295 e. The highest BCUT2D eigenvalue weighted by atomic mass is 16.1. The largest absolute Gasteiger partial charge is 0.295 e. The quantitative estimate of drug-likeness (QED) is 0.590. The van der Waals surface area contributed by atoms with Crippen LogP contribution < -0.4 is 0 Å². The van der Waals surface area contributed by atoms with Crippen LogP contribution in [0.15, 0.2) is 59.6 Å². The van der Waals surface area contributed by atoms with Crippen LogP contribution in [0.2, 0.25) is 0 Å². The number of para-hydroxylation sites is 1. The van der Waals surface area contributed by atoms with Gasteiger partial charge in [0.25, 0.3) is 0 Å². The standard InChI is InChI=1S/C17H18N2O/c1-2-19(12-15-8-4-3-5-9-15)13-16-10-6-7-11-17(16)18-14-20/h3-11H,2,12-13H2,1H3. The summed E-state index contributed by atoms with van der Waals surface area (Å²) in [6.45, 7) is 4.73. The van der Waals surface area contributed by atoms with Gasteiger partial charge < -0.3 is 0 Å². The van der Waals surface area contributed by atoms with Crippen molar-refractivity contribution in [3.05, 3.63) is 65.7 Å². The predicted octanol–water partition coefficient (Wildman–Crippen LogP) is 3.68. The third-order valence-corrected chi connectivity index (χ3v) is 3.25. The van der Waals surface area contributed by atoms with E-state index in [0.29, 0.717) is 5.69 Å². The van der Waals surface area contributed by atoms with Crippen LogP contribution in [0.4, 0.5) is 5.69 Å². The Bertz CT molecular complexity index is 589. The maximum Gasteiger partial charge on any atom is 0.240 e. The Morgan fingerprint density at radius 2 is 1.70 bits per heavy atom. The van der Waals surface area contributed by atoms with E-state index in [1.807, 2.05) is 42.5 Å². The molecule has 0 aliphatic rings. The van der Waals surface area contributed by atoms with Crippen molar-refractivity contribution < 1.29 is 4.79 Å². The molecule has 0 atom stereocenters. The van der Waals surface area contributed by atoms with Gasteiger partial charge in [-0.3, -0.25) is 4.90 Å². The smallest absolute Gasteiger partial charge is 0.240 e. The fraction of sp³-hybridized carbons (Fsp3) is 0.235. The van der Waals surface area contributed by atoms with Gasteiger partial charge in [0.1, 0.15) is 0 Å². The van der Waals surface area contributed by atoms with Crippen LogP contribution in [0.25, 0.3) is 0 Å². The maximum atomic E-state index is 10.5. The van der Waals surface area contributed by atoms with Crippen molar-refractivity contribution in [2.45, 2.75) is 20.0 Å². The van der Waals surface area contributed by atoms with Gasteiger partial charge in [0.15, 0.2) is 0 Å². The first-order valence-electron chi connectivity index (χ1n) is 6.75. The topological polar surface area (TPSA) is 32.7 Å². The zero-order chi connectivity index (χ0) is 14.2. The summed E-state index contributed by atoms with van der Waals surface area (Å²) < 4.78 is 0. The van der Waals surface area contributed by atoms with E-state index in [9.17, 15) is 4.79 Å². The summed E-state index contributed by atoms with van der Waals surface area (Å²) in [5, 5.41) is 0. The summed E-state index contributed by atoms with van der Waals surface area (Å²) in [4.78, 5) is 16.6. The molecule has 0 bridgehead atoms. The van der Waals surface area contributed by atoms with Crippen LogP contribution in [0.5, 0.6) is 0 Å². The van der Waals surface area contributed by atoms with Gasteiger partial charge >= 0.3 is 0 Å². The molecule has 0 heterocycles. The van der Waals surface area contributed by atoms with Gasteiger partial charge in [-0.15, -0.1) is 0 Å². The second-order valence-corrected chi connectivity index (χ2v) is 4.62. The Morgan fingerprint density at radius 3 is 2.40 bits per heavy atom. The molecule has 0 amide bonds. The summed E-state index contributed by atoms with van der Waals surface area (Å²) in [6, 6.07) is 18.1. The lowest BCUT2D eigenvalue weighted by Crippen LogP contribution is -2.22. The summed E-state index contributed by atoms with van der Waals surface area (Å²) in [7, 11) is 0. The van der Waals surface area contributed by atoms with E-state index in [1.165, 1.54) is 5.56 Å². The van der Waals surface area contributed by atoms with Crippen LogP contribution in [0.1, 0.15) is 18.1 Å². The Morgan fingerprint density at radius 1 is 1.00 bits per heavy atom. The summed E-state index contributed by atoms with van der Waals surface area (Å²) in [6.07, 6.45) is 1.62. The van der Waals surface area contributed by atoms with E-state index >= 15 is 0 Å². The molecular formula is C17H18N2O. The SMILES string of the molecule is CCN(Cc1ccccc1)Cc1ccccc1N=C=O. The number of rotatable bonds is 6. The monoisotopic (exact) mass is 266 g/mol. The lowest BCUT2D eigenvalue weighted by Gasteiger charge is -2.21. The molecule has 3 nitrogen and oxygen atoms in total. The van der Waals surface area contributed by atoms with Gasteiger partial charge in [-0.2, -0.15) is 4.99 Å². The van der Waals surface area contributed by atoms with Crippen LogP contribution in [-0.4, -0.2) is 17.5 Å². The number of nitrogens with zero attached hydrogens (tertiary/aromatic N) is 2. The number of isocyanates is 1. The zero-order valence-corrected chi connectivity index (χ0v) is 11.6. The predicted molar refractivity (Wildman–Crippen MR) is 80.5 cm³/mol. The van der Waals surface area contributed by atoms with E-state index < -0.39 is 0 Å². The molecule has 2 aromatic carbocycles. The fourth-order valence-corrected chi connectivity index (χ4v) is 2.16. The molecule has 0 aliphatic carbocycles. The van der Waals surface area contributed by atoms with Gasteiger partial charge in [0.05, 0.1) is 5.69 Å². The molecule has 0 N–H and O–H groups in total. The summed E-state index contributed by atoms with van der Waals surface area (Å²) >= 11 is 0. The minimum atomic E-state index is 0.703. The number of hydrogen-bond donors (Lipinski definition) is 0. The van der Waals surface area contributed by atoms with Crippen LogP contribution in [0.3, 0.4) is 0 Å². The van der Waals surface area contributed by atoms with Gasteiger partial charge in [-0.05, 0) is 23.7 Å². The van der Waals surface area contributed by atoms with Crippen molar-refractivity contribution in [2.75, 3.05) is 6.54 Å². The lowest BCUT2D eigenvalue weighted by atomic mass is 10.1. The highest BCUT2D eigenvalue weighted by Gasteiger charge is 2.07. The zero-order valence-electron chi connectivity index (χ0n) is 11.6. The summed E-state index contributed by atoms with van der Waals surface area (Å²) in [5.74, 6) is 0. The van der Waals surface area contributed by atoms with Crippen LogP contribution in [-0.2, 0) is 17.9 Å². The molecule has 20 heavy (non-hydrogen) atoms. The third kappa shape index (κ3) is 3.89. The first-order chi connectivity index (χ1) is 9.83. The van der Waals surface area contributed by atoms with Gasteiger partial charge in [0.2, 0.25) is 6.08 Å². The van der Waals surface area contributed by atoms with Crippen molar-refractivity contribution in [1.82, 2.24) is 4.90 Å². The maximum absolute atomic E-state index is 10.5. The molecule has 2 aromatic rings. The van der Waals surface area contributed by atoms with E-state index in [4.69, 9.17) is 0 Å². The van der Waals surface area contributed by atoms with Gasteiger partial charge in [-0.1, -0.05) is 55.5 Å². The lowest BCUT2D eigenvalue weighted by molar-refractivity contribution is 0.272. The van der Waals surface area contributed by atoms with Crippen molar-refractivity contribution in [2.24, 2.45) is 4.99 Å². The average Bonchev–Trinajstić information content (AvgIpc) is 2.50. The number of hydrogen-bond acceptors (Lipinski definition) is 3. The van der Waals surface area contributed by atoms with Gasteiger partial charge in [-0.25, -0.2) is 4.79 Å². The van der Waals surface area contributed by atoms with E-state index in [0.717, 1.165) is 25.2 Å². The molecule has 0 aromatic heterocycles. The molecule has 2 rings (SSSR count). The first-order valence-corrected chi connectivity index (χ1v) is 6.75. The van der Waals surface area contributed by atoms with E-state index in [2.05, 4.69) is 28.9 Å². The van der Waals surface area contributed by atoms with Crippen LogP contribution >= 0.6 is 0 Å². The third-order valence-electron chi connectivity index (χ3n) is 3.25. The Balaban J connectivity index is 2.12. The van der Waals surface area contributed by atoms with Gasteiger partial charge in [0, 0.05) is 13.1 Å². The number of benzene rings is 2. The molecule has 0 fully saturated rings. The molecule has 3 heteroatoms. The Kier molecular flexibility index (Phi) is 5.24. The Hall–Kier alpha value is -2.22. The van der Waals surface area contributed by atoms with Crippen molar-refractivity contribution in [3.63, 3.8) is 0 Å². The molecule has 102 valence electrons.